The van der Waals surface area contributed by atoms with Crippen molar-refractivity contribution in [3.8, 4) is 11.5 Å². The van der Waals surface area contributed by atoms with Gasteiger partial charge in [-0.15, -0.1) is 0 Å². The Morgan fingerprint density at radius 3 is 1.13 bits per heavy atom. The molecule has 298 valence electrons. The van der Waals surface area contributed by atoms with Crippen molar-refractivity contribution in [2.45, 2.75) is 115 Å². The lowest BCUT2D eigenvalue weighted by Gasteiger charge is -2.37. The minimum atomic E-state index is -0.652. The molecule has 0 spiro atoms. The van der Waals surface area contributed by atoms with Gasteiger partial charge in [0.15, 0.2) is 0 Å². The topological polar surface area (TPSA) is 142 Å². The predicted molar refractivity (Wildman–Crippen MR) is 200 cm³/mol. The highest BCUT2D eigenvalue weighted by atomic mass is 16.7. The van der Waals surface area contributed by atoms with Crippen LogP contribution in [0.5, 0.6) is 11.5 Å². The van der Waals surface area contributed by atoms with Crippen LogP contribution < -0.4 is 9.47 Å². The first kappa shape index (κ1) is 42.3. The Morgan fingerprint density at radius 2 is 0.796 bits per heavy atom. The van der Waals surface area contributed by atoms with Crippen molar-refractivity contribution in [2.75, 3.05) is 40.6 Å². The van der Waals surface area contributed by atoms with Gasteiger partial charge in [0, 0.05) is 0 Å². The van der Waals surface area contributed by atoms with Gasteiger partial charge in [0.1, 0.15) is 23.7 Å². The molecule has 2 aromatic carbocycles. The van der Waals surface area contributed by atoms with E-state index in [9.17, 15) is 19.2 Å². The maximum atomic E-state index is 12.8. The molecule has 0 aromatic heterocycles. The number of esters is 2. The van der Waals surface area contributed by atoms with Crippen molar-refractivity contribution < 1.29 is 57.1 Å². The minimum absolute atomic E-state index is 0.0669. The lowest BCUT2D eigenvalue weighted by Crippen LogP contribution is -2.32. The van der Waals surface area contributed by atoms with Crippen molar-refractivity contribution in [1.82, 2.24) is 0 Å². The van der Waals surface area contributed by atoms with Gasteiger partial charge in [-0.05, 0) is 163 Å². The van der Waals surface area contributed by atoms with E-state index in [0.29, 0.717) is 60.9 Å². The Hall–Kier alpha value is -4.48. The summed E-state index contributed by atoms with van der Waals surface area (Å²) in [6.45, 7) is 1.86. The van der Waals surface area contributed by atoms with Gasteiger partial charge < -0.3 is 37.9 Å². The van der Waals surface area contributed by atoms with E-state index >= 15 is 0 Å². The molecular weight excluding hydrogens is 696 g/mol. The zero-order valence-electron chi connectivity index (χ0n) is 32.0. The van der Waals surface area contributed by atoms with Gasteiger partial charge in [-0.2, -0.15) is 0 Å². The summed E-state index contributed by atoms with van der Waals surface area (Å²) in [4.78, 5) is 47.6. The second kappa shape index (κ2) is 24.0. The fourth-order valence-corrected chi connectivity index (χ4v) is 7.09. The molecule has 0 saturated heterocycles. The van der Waals surface area contributed by atoms with E-state index in [2.05, 4.69) is 9.47 Å². The molecule has 4 rings (SSSR count). The van der Waals surface area contributed by atoms with Crippen LogP contribution in [0.3, 0.4) is 0 Å². The average Bonchev–Trinajstić information content (AvgIpc) is 3.20. The van der Waals surface area contributed by atoms with E-state index < -0.39 is 12.3 Å². The van der Waals surface area contributed by atoms with Crippen LogP contribution >= 0.6 is 0 Å². The fraction of sp³-hybridized carbons (Fsp3) is 0.619. The summed E-state index contributed by atoms with van der Waals surface area (Å²) in [6.07, 6.45) is 13.3. The quantitative estimate of drug-likeness (QED) is 0.0681. The molecule has 0 N–H and O–H groups in total. The maximum absolute atomic E-state index is 12.8. The maximum Gasteiger partial charge on any atom is 0.507 e. The summed E-state index contributed by atoms with van der Waals surface area (Å²) >= 11 is 0. The van der Waals surface area contributed by atoms with Crippen molar-refractivity contribution in [1.29, 1.82) is 0 Å². The third kappa shape index (κ3) is 15.5. The lowest BCUT2D eigenvalue weighted by molar-refractivity contribution is -0.000154. The molecule has 0 amide bonds. The van der Waals surface area contributed by atoms with Gasteiger partial charge in [0.2, 0.25) is 0 Å². The van der Waals surface area contributed by atoms with E-state index in [1.165, 1.54) is 14.2 Å². The Kier molecular flexibility index (Phi) is 18.8. The molecule has 2 fully saturated rings. The normalized spacial score (nSPS) is 19.5. The summed E-state index contributed by atoms with van der Waals surface area (Å²) < 4.78 is 42.0. The predicted octanol–water partition coefficient (Wildman–Crippen LogP) is 9.26. The van der Waals surface area contributed by atoms with E-state index in [0.717, 1.165) is 103 Å². The molecule has 0 unspecified atom stereocenters. The molecule has 0 bridgehead atoms. The minimum Gasteiger partial charge on any atom is -0.494 e. The largest absolute Gasteiger partial charge is 0.507 e. The standard InChI is InChI=1S/C42H58O12/c1-47-41(45)51-29-9-5-3-7-27-49-35-19-15-33(16-20-35)39(43)53-37-23-11-31(12-24-37)32-13-25-38(26-14-32)54-40(44)34-17-21-36(22-18-34)50-28-8-4-6-10-30-52-42(46)48-2/h15-22,31-32,37-38H,3-14,23-30H2,1-2H3. The van der Waals surface area contributed by atoms with E-state index in [4.69, 9.17) is 28.4 Å². The van der Waals surface area contributed by atoms with Crippen LogP contribution in [-0.2, 0) is 28.4 Å². The van der Waals surface area contributed by atoms with Crippen LogP contribution in [0.1, 0.15) is 123 Å². The molecule has 2 aliphatic rings. The number of benzene rings is 2. The first-order valence-corrected chi connectivity index (χ1v) is 19.6. The molecule has 0 radical (unpaired) electrons. The molecule has 12 nitrogen and oxygen atoms in total. The number of hydrogen-bond donors (Lipinski definition) is 0. The second-order valence-electron chi connectivity index (χ2n) is 14.1. The van der Waals surface area contributed by atoms with Gasteiger partial charge in [0.05, 0.1) is 51.8 Å². The molecule has 0 heterocycles. The molecule has 12 heteroatoms. The van der Waals surface area contributed by atoms with Crippen LogP contribution in [0, 0.1) is 11.8 Å². The molecule has 0 aliphatic heterocycles. The molecule has 54 heavy (non-hydrogen) atoms. The highest BCUT2D eigenvalue weighted by molar-refractivity contribution is 5.90. The van der Waals surface area contributed by atoms with Gasteiger partial charge >= 0.3 is 24.2 Å². The summed E-state index contributed by atoms with van der Waals surface area (Å²) in [5.41, 5.74) is 1.05. The number of unbranched alkanes of at least 4 members (excludes halogenated alkanes) is 6. The summed E-state index contributed by atoms with van der Waals surface area (Å²) in [5, 5.41) is 0. The number of carbonyl (C=O) groups is 4. The van der Waals surface area contributed by atoms with Crippen LogP contribution in [0.25, 0.3) is 0 Å². The SMILES string of the molecule is COC(=O)OCCCCCCOc1ccc(C(=O)OC2CCC(C3CCC(OC(=O)c4ccc(OCCCCCCOC(=O)OC)cc4)CC3)CC2)cc1. The second-order valence-corrected chi connectivity index (χ2v) is 14.1. The molecular formula is C42H58O12. The number of carbonyl (C=O) groups excluding carboxylic acids is 4. The Morgan fingerprint density at radius 1 is 0.463 bits per heavy atom. The zero-order valence-corrected chi connectivity index (χ0v) is 32.0. The Bertz CT molecular complexity index is 1290. The van der Waals surface area contributed by atoms with Crippen molar-refractivity contribution in [2.24, 2.45) is 11.8 Å². The number of methoxy groups -OCH3 is 2. The highest BCUT2D eigenvalue weighted by Gasteiger charge is 2.33. The van der Waals surface area contributed by atoms with E-state index in [1.807, 2.05) is 0 Å². The molecule has 0 atom stereocenters. The number of ether oxygens (including phenoxy) is 8. The first-order valence-electron chi connectivity index (χ1n) is 19.6. The smallest absolute Gasteiger partial charge is 0.494 e. The van der Waals surface area contributed by atoms with Crippen LogP contribution in [0.15, 0.2) is 48.5 Å². The van der Waals surface area contributed by atoms with Gasteiger partial charge in [-0.1, -0.05) is 0 Å². The van der Waals surface area contributed by atoms with Crippen molar-refractivity contribution in [3.63, 3.8) is 0 Å². The zero-order chi connectivity index (χ0) is 38.4. The first-order chi connectivity index (χ1) is 26.3. The average molecular weight is 755 g/mol. The third-order valence-electron chi connectivity index (χ3n) is 10.2. The van der Waals surface area contributed by atoms with Crippen LogP contribution in [-0.4, -0.2) is 77.1 Å². The van der Waals surface area contributed by atoms with Crippen molar-refractivity contribution >= 4 is 24.2 Å². The number of hydrogen-bond acceptors (Lipinski definition) is 12. The molecule has 2 saturated carbocycles. The molecule has 2 aromatic rings. The van der Waals surface area contributed by atoms with Gasteiger partial charge in [-0.25, -0.2) is 19.2 Å². The molecule has 2 aliphatic carbocycles. The van der Waals surface area contributed by atoms with Crippen molar-refractivity contribution in [3.05, 3.63) is 59.7 Å². The van der Waals surface area contributed by atoms with Gasteiger partial charge in [0.25, 0.3) is 0 Å². The monoisotopic (exact) mass is 754 g/mol. The van der Waals surface area contributed by atoms with Gasteiger partial charge in [-0.3, -0.25) is 0 Å². The third-order valence-corrected chi connectivity index (χ3v) is 10.2. The van der Waals surface area contributed by atoms with E-state index in [1.54, 1.807) is 48.5 Å². The summed E-state index contributed by atoms with van der Waals surface area (Å²) in [5.74, 6) is 2.05. The summed E-state index contributed by atoms with van der Waals surface area (Å²) in [7, 11) is 2.59. The number of rotatable bonds is 21. The van der Waals surface area contributed by atoms with E-state index in [-0.39, 0.29) is 24.1 Å². The highest BCUT2D eigenvalue weighted by Crippen LogP contribution is 2.40. The summed E-state index contributed by atoms with van der Waals surface area (Å²) in [6, 6.07) is 14.2. The lowest BCUT2D eigenvalue weighted by atomic mass is 9.72. The Labute approximate surface area is 319 Å². The van der Waals surface area contributed by atoms with Crippen LogP contribution in [0.2, 0.25) is 0 Å². The van der Waals surface area contributed by atoms with Crippen LogP contribution in [0.4, 0.5) is 9.59 Å². The fourth-order valence-electron chi connectivity index (χ4n) is 7.09. The Balaban J connectivity index is 1.03.